The second-order valence-corrected chi connectivity index (χ2v) is 7.96. The summed E-state index contributed by atoms with van der Waals surface area (Å²) in [6.45, 7) is 5.52. The summed E-state index contributed by atoms with van der Waals surface area (Å²) >= 11 is 0. The summed E-state index contributed by atoms with van der Waals surface area (Å²) < 4.78 is 0. The lowest BCUT2D eigenvalue weighted by Gasteiger charge is -2.36. The average Bonchev–Trinajstić information content (AvgIpc) is 2.65. The van der Waals surface area contributed by atoms with Crippen LogP contribution >= 0.6 is 0 Å². The minimum atomic E-state index is -0.780. The Kier molecular flexibility index (Phi) is 18.3. The third-order valence-electron chi connectivity index (χ3n) is 5.58. The van der Waals surface area contributed by atoms with Gasteiger partial charge in [0.15, 0.2) is 0 Å². The molecule has 0 saturated carbocycles. The van der Waals surface area contributed by atoms with E-state index in [0.29, 0.717) is 13.1 Å². The minimum absolute atomic E-state index is 0.0510. The first-order chi connectivity index (χ1) is 13.1. The Morgan fingerprint density at radius 1 is 0.741 bits per heavy atom. The quantitative estimate of drug-likeness (QED) is 0.268. The molecule has 2 atom stereocenters. The fourth-order valence-electron chi connectivity index (χ4n) is 3.87. The van der Waals surface area contributed by atoms with E-state index in [4.69, 9.17) is 11.5 Å². The summed E-state index contributed by atoms with van der Waals surface area (Å²) in [5.74, 6) is -0.780. The van der Waals surface area contributed by atoms with E-state index in [2.05, 4.69) is 18.7 Å². The number of nitrogens with two attached hydrogens (primary N) is 2. The topological polar surface area (TPSA) is 92.6 Å². The highest BCUT2D eigenvalue weighted by Crippen LogP contribution is 2.18. The number of hydrogen-bond acceptors (Lipinski definition) is 4. The summed E-state index contributed by atoms with van der Waals surface area (Å²) in [6, 6.07) is 0.252. The van der Waals surface area contributed by atoms with Crippen molar-refractivity contribution in [1.29, 1.82) is 0 Å². The smallest absolute Gasteiger partial charge is 0.317 e. The SMILES string of the molecule is CCCCCCCCC(CN)N(CC(=O)O)C(CN)CCCCCCCC. The van der Waals surface area contributed by atoms with Crippen molar-refractivity contribution in [3.8, 4) is 0 Å². The van der Waals surface area contributed by atoms with E-state index >= 15 is 0 Å². The molecule has 0 saturated heterocycles. The Hall–Kier alpha value is -0.650. The largest absolute Gasteiger partial charge is 0.480 e. The number of unbranched alkanes of at least 4 members (excludes halogenated alkanes) is 10. The van der Waals surface area contributed by atoms with E-state index in [9.17, 15) is 9.90 Å². The van der Waals surface area contributed by atoms with Gasteiger partial charge in [0.2, 0.25) is 0 Å². The maximum absolute atomic E-state index is 11.4. The maximum Gasteiger partial charge on any atom is 0.317 e. The number of hydrogen-bond donors (Lipinski definition) is 3. The second kappa shape index (κ2) is 18.7. The van der Waals surface area contributed by atoms with E-state index in [1.54, 1.807) is 0 Å². The highest BCUT2D eigenvalue weighted by molar-refractivity contribution is 5.69. The van der Waals surface area contributed by atoms with Crippen LogP contribution in [0.5, 0.6) is 0 Å². The van der Waals surface area contributed by atoms with Gasteiger partial charge in [-0.1, -0.05) is 90.9 Å². The highest BCUT2D eigenvalue weighted by atomic mass is 16.4. The molecule has 2 unspecified atom stereocenters. The van der Waals surface area contributed by atoms with Crippen molar-refractivity contribution in [2.75, 3.05) is 19.6 Å². The van der Waals surface area contributed by atoms with Gasteiger partial charge in [0.25, 0.3) is 0 Å². The Labute approximate surface area is 168 Å². The predicted molar refractivity (Wildman–Crippen MR) is 116 cm³/mol. The standard InChI is InChI=1S/C22H47N3O2/c1-3-5-7-9-11-13-15-20(17-23)25(19-22(26)27)21(18-24)16-14-12-10-8-6-4-2/h20-21H,3-19,23-24H2,1-2H3,(H,26,27). The zero-order valence-corrected chi connectivity index (χ0v) is 18.1. The van der Waals surface area contributed by atoms with Crippen LogP contribution in [0, 0.1) is 0 Å². The molecule has 0 aliphatic heterocycles. The molecule has 0 aliphatic rings. The molecule has 0 amide bonds. The van der Waals surface area contributed by atoms with E-state index < -0.39 is 5.97 Å². The summed E-state index contributed by atoms with van der Waals surface area (Å²) in [6.07, 6.45) is 16.9. The van der Waals surface area contributed by atoms with Gasteiger partial charge in [0.05, 0.1) is 6.54 Å². The fourth-order valence-corrected chi connectivity index (χ4v) is 3.87. The molecule has 0 aromatic rings. The lowest BCUT2D eigenvalue weighted by atomic mass is 9.99. The molecule has 5 N–H and O–H groups in total. The van der Waals surface area contributed by atoms with Crippen LogP contribution in [0.1, 0.15) is 104 Å². The maximum atomic E-state index is 11.4. The van der Waals surface area contributed by atoms with Gasteiger partial charge in [0, 0.05) is 25.2 Å². The zero-order valence-electron chi connectivity index (χ0n) is 18.1. The second-order valence-electron chi connectivity index (χ2n) is 7.96. The number of aliphatic carboxylic acids is 1. The first kappa shape index (κ1) is 26.4. The number of carboxylic acid groups (broad SMARTS) is 1. The van der Waals surface area contributed by atoms with Gasteiger partial charge in [-0.3, -0.25) is 9.69 Å². The Morgan fingerprint density at radius 3 is 1.44 bits per heavy atom. The van der Waals surface area contributed by atoms with Gasteiger partial charge < -0.3 is 16.6 Å². The van der Waals surface area contributed by atoms with Crippen molar-refractivity contribution in [1.82, 2.24) is 4.90 Å². The molecule has 0 spiro atoms. The van der Waals surface area contributed by atoms with E-state index in [-0.39, 0.29) is 18.6 Å². The van der Waals surface area contributed by atoms with E-state index in [0.717, 1.165) is 25.7 Å². The van der Waals surface area contributed by atoms with Crippen LogP contribution in [-0.2, 0) is 4.79 Å². The molecule has 0 aromatic heterocycles. The molecule has 162 valence electrons. The third kappa shape index (κ3) is 14.1. The number of carboxylic acids is 1. The molecule has 0 aromatic carbocycles. The molecule has 5 nitrogen and oxygen atoms in total. The summed E-state index contributed by atoms with van der Waals surface area (Å²) in [7, 11) is 0. The third-order valence-corrected chi connectivity index (χ3v) is 5.58. The Bertz CT molecular complexity index is 316. The summed E-state index contributed by atoms with van der Waals surface area (Å²) in [5, 5.41) is 9.39. The van der Waals surface area contributed by atoms with Crippen LogP contribution in [0.2, 0.25) is 0 Å². The van der Waals surface area contributed by atoms with Gasteiger partial charge in [0.1, 0.15) is 0 Å². The van der Waals surface area contributed by atoms with Crippen molar-refractivity contribution in [3.05, 3.63) is 0 Å². The van der Waals surface area contributed by atoms with Gasteiger partial charge in [-0.05, 0) is 12.8 Å². The summed E-state index contributed by atoms with van der Waals surface area (Å²) in [4.78, 5) is 13.5. The Morgan fingerprint density at radius 2 is 1.11 bits per heavy atom. The Balaban J connectivity index is 4.49. The zero-order chi connectivity index (χ0) is 20.3. The van der Waals surface area contributed by atoms with Crippen LogP contribution < -0.4 is 11.5 Å². The summed E-state index contributed by atoms with van der Waals surface area (Å²) in [5.41, 5.74) is 12.1. The molecular weight excluding hydrogens is 338 g/mol. The predicted octanol–water partition coefficient (Wildman–Crippen LogP) is 4.53. The molecule has 0 fully saturated rings. The van der Waals surface area contributed by atoms with Gasteiger partial charge in [-0.2, -0.15) is 0 Å². The van der Waals surface area contributed by atoms with Gasteiger partial charge in [-0.25, -0.2) is 0 Å². The van der Waals surface area contributed by atoms with E-state index in [1.807, 2.05) is 0 Å². The molecular formula is C22H47N3O2. The van der Waals surface area contributed by atoms with Crippen LogP contribution in [0.25, 0.3) is 0 Å². The van der Waals surface area contributed by atoms with Crippen molar-refractivity contribution < 1.29 is 9.90 Å². The first-order valence-corrected chi connectivity index (χ1v) is 11.5. The lowest BCUT2D eigenvalue weighted by molar-refractivity contribution is -0.139. The molecule has 0 rings (SSSR count). The molecule has 0 radical (unpaired) electrons. The normalized spacial score (nSPS) is 13.8. The van der Waals surface area contributed by atoms with Crippen LogP contribution in [0.4, 0.5) is 0 Å². The molecule has 5 heteroatoms. The highest BCUT2D eigenvalue weighted by Gasteiger charge is 2.26. The minimum Gasteiger partial charge on any atom is -0.480 e. The van der Waals surface area contributed by atoms with Gasteiger partial charge >= 0.3 is 5.97 Å². The molecule has 0 bridgehead atoms. The molecule has 0 aliphatic carbocycles. The van der Waals surface area contributed by atoms with Gasteiger partial charge in [-0.15, -0.1) is 0 Å². The number of nitrogens with zero attached hydrogens (tertiary/aromatic N) is 1. The van der Waals surface area contributed by atoms with Crippen LogP contribution in [0.3, 0.4) is 0 Å². The molecule has 27 heavy (non-hydrogen) atoms. The van der Waals surface area contributed by atoms with Crippen molar-refractivity contribution in [2.45, 2.75) is 116 Å². The molecule has 0 heterocycles. The monoisotopic (exact) mass is 385 g/mol. The number of rotatable bonds is 20. The lowest BCUT2D eigenvalue weighted by Crippen LogP contribution is -2.51. The van der Waals surface area contributed by atoms with Crippen molar-refractivity contribution in [3.63, 3.8) is 0 Å². The average molecular weight is 386 g/mol. The first-order valence-electron chi connectivity index (χ1n) is 11.5. The number of carbonyl (C=O) groups is 1. The van der Waals surface area contributed by atoms with Crippen molar-refractivity contribution >= 4 is 5.97 Å². The van der Waals surface area contributed by atoms with Crippen molar-refractivity contribution in [2.24, 2.45) is 11.5 Å². The van der Waals surface area contributed by atoms with Crippen LogP contribution in [0.15, 0.2) is 0 Å². The fraction of sp³-hybridized carbons (Fsp3) is 0.955. The van der Waals surface area contributed by atoms with Crippen LogP contribution in [-0.4, -0.2) is 47.7 Å². The van der Waals surface area contributed by atoms with E-state index in [1.165, 1.54) is 64.2 Å².